The first-order chi connectivity index (χ1) is 13.2. The summed E-state index contributed by atoms with van der Waals surface area (Å²) >= 11 is 0. The Bertz CT molecular complexity index is 647. The zero-order valence-corrected chi connectivity index (χ0v) is 16.3. The fourth-order valence-corrected chi connectivity index (χ4v) is 3.19. The fourth-order valence-electron chi connectivity index (χ4n) is 3.19. The molecule has 1 aliphatic heterocycles. The highest BCUT2D eigenvalue weighted by molar-refractivity contribution is 5.71. The van der Waals surface area contributed by atoms with Crippen LogP contribution in [0.2, 0.25) is 0 Å². The van der Waals surface area contributed by atoms with E-state index in [4.69, 9.17) is 9.47 Å². The zero-order valence-electron chi connectivity index (χ0n) is 16.3. The predicted molar refractivity (Wildman–Crippen MR) is 97.6 cm³/mol. The summed E-state index contributed by atoms with van der Waals surface area (Å²) in [6.45, 7) is 2.53. The van der Waals surface area contributed by atoms with Crippen molar-refractivity contribution in [2.75, 3.05) is 40.5 Å². The van der Waals surface area contributed by atoms with Gasteiger partial charge in [0, 0.05) is 25.2 Å². The molecule has 1 aromatic carbocycles. The van der Waals surface area contributed by atoms with Gasteiger partial charge in [0.05, 0.1) is 20.8 Å². The highest BCUT2D eigenvalue weighted by atomic mass is 19.4. The van der Waals surface area contributed by atoms with Crippen molar-refractivity contribution in [2.24, 2.45) is 0 Å². The minimum atomic E-state index is -4.40. The number of hydrogen-bond donors (Lipinski definition) is 1. The number of esters is 1. The summed E-state index contributed by atoms with van der Waals surface area (Å²) < 4.78 is 51.8. The molecule has 1 heterocycles. The maximum atomic E-state index is 12.4. The van der Waals surface area contributed by atoms with E-state index in [1.807, 2.05) is 6.92 Å². The molecule has 1 aromatic rings. The molecule has 0 aromatic heterocycles. The van der Waals surface area contributed by atoms with Gasteiger partial charge in [-0.15, -0.1) is 0 Å². The molecular formula is C19H27F3N2O4. The molecule has 158 valence electrons. The number of nitrogens with one attached hydrogen (secondary N) is 1. The number of likely N-dealkylation sites (tertiary alicyclic amines) is 1. The molecule has 28 heavy (non-hydrogen) atoms. The highest BCUT2D eigenvalue weighted by Crippen LogP contribution is 2.32. The van der Waals surface area contributed by atoms with Crippen molar-refractivity contribution in [3.05, 3.63) is 23.8 Å². The predicted octanol–water partition coefficient (Wildman–Crippen LogP) is 2.92. The number of rotatable bonds is 8. The summed E-state index contributed by atoms with van der Waals surface area (Å²) in [6, 6.07) is 5.20. The molecule has 0 bridgehead atoms. The molecule has 0 amide bonds. The molecule has 0 spiro atoms. The van der Waals surface area contributed by atoms with Crippen molar-refractivity contribution in [3.63, 3.8) is 0 Å². The summed E-state index contributed by atoms with van der Waals surface area (Å²) in [5.41, 5.74) is 0.896. The van der Waals surface area contributed by atoms with Crippen LogP contribution < -0.4 is 14.8 Å². The minimum Gasteiger partial charge on any atom is -0.493 e. The minimum absolute atomic E-state index is 0.0114. The number of halogens is 3. The average Bonchev–Trinajstić information content (AvgIpc) is 2.66. The van der Waals surface area contributed by atoms with Gasteiger partial charge in [0.25, 0.3) is 0 Å². The maximum absolute atomic E-state index is 12.4. The van der Waals surface area contributed by atoms with Gasteiger partial charge in [-0.25, -0.2) is 0 Å². The summed E-state index contributed by atoms with van der Waals surface area (Å²) in [4.78, 5) is 13.4. The Kier molecular flexibility index (Phi) is 7.94. The quantitative estimate of drug-likeness (QED) is 0.673. The highest BCUT2D eigenvalue weighted by Gasteiger charge is 2.29. The molecule has 0 aliphatic carbocycles. The first-order valence-electron chi connectivity index (χ1n) is 9.14. The molecule has 9 heteroatoms. The number of carbonyl (C=O) groups excluding carboxylic acids is 1. The van der Waals surface area contributed by atoms with E-state index in [2.05, 4.69) is 15.0 Å². The molecule has 1 N–H and O–H groups in total. The Hall–Kier alpha value is -2.00. The van der Waals surface area contributed by atoms with Gasteiger partial charge in [0.15, 0.2) is 18.1 Å². The molecule has 0 saturated carbocycles. The van der Waals surface area contributed by atoms with Crippen LogP contribution in [0.15, 0.2) is 18.2 Å². The lowest BCUT2D eigenvalue weighted by atomic mass is 10.0. The van der Waals surface area contributed by atoms with Gasteiger partial charge < -0.3 is 19.5 Å². The Balaban J connectivity index is 1.90. The van der Waals surface area contributed by atoms with Gasteiger partial charge in [-0.2, -0.15) is 13.2 Å². The van der Waals surface area contributed by atoms with Crippen molar-refractivity contribution in [2.45, 2.75) is 38.0 Å². The molecule has 1 atom stereocenters. The Morgan fingerprint density at radius 1 is 1.25 bits per heavy atom. The van der Waals surface area contributed by atoms with Crippen molar-refractivity contribution >= 4 is 5.97 Å². The van der Waals surface area contributed by atoms with Crippen LogP contribution in [0, 0.1) is 0 Å². The molecule has 6 nitrogen and oxygen atoms in total. The van der Waals surface area contributed by atoms with Crippen LogP contribution in [0.5, 0.6) is 11.5 Å². The van der Waals surface area contributed by atoms with Crippen molar-refractivity contribution in [1.82, 2.24) is 10.2 Å². The summed E-state index contributed by atoms with van der Waals surface area (Å²) in [5, 5.41) is 3.53. The van der Waals surface area contributed by atoms with E-state index >= 15 is 0 Å². The van der Waals surface area contributed by atoms with Crippen LogP contribution in [0.1, 0.15) is 31.4 Å². The van der Waals surface area contributed by atoms with Crippen molar-refractivity contribution < 1.29 is 32.2 Å². The summed E-state index contributed by atoms with van der Waals surface area (Å²) in [6.07, 6.45) is -2.61. The molecule has 0 radical (unpaired) electrons. The monoisotopic (exact) mass is 404 g/mol. The standard InChI is InChI=1S/C19H27F3N2O4/c1-13(23-15-6-8-24(9-7-15)11-18(25)27-3)14-4-5-16(17(10-14)26-2)28-12-19(20,21)22/h4-5,10,13,15,23H,6-9,11-12H2,1-3H3. The van der Waals surface area contributed by atoms with E-state index in [9.17, 15) is 18.0 Å². The number of nitrogens with zero attached hydrogens (tertiary/aromatic N) is 1. The summed E-state index contributed by atoms with van der Waals surface area (Å²) in [5.74, 6) is 0.0925. The lowest BCUT2D eigenvalue weighted by Gasteiger charge is -2.33. The Morgan fingerprint density at radius 3 is 2.50 bits per heavy atom. The SMILES string of the molecule is COC(=O)CN1CCC(NC(C)c2ccc(OCC(F)(F)F)c(OC)c2)CC1. The molecular weight excluding hydrogens is 377 g/mol. The third-order valence-corrected chi connectivity index (χ3v) is 4.73. The third-order valence-electron chi connectivity index (χ3n) is 4.73. The number of ether oxygens (including phenoxy) is 3. The lowest BCUT2D eigenvalue weighted by Crippen LogP contribution is -2.44. The molecule has 1 fully saturated rings. The smallest absolute Gasteiger partial charge is 0.422 e. The molecule has 1 unspecified atom stereocenters. The second kappa shape index (κ2) is 9.97. The average molecular weight is 404 g/mol. The first kappa shape index (κ1) is 22.3. The van der Waals surface area contributed by atoms with E-state index in [0.29, 0.717) is 6.54 Å². The molecule has 2 rings (SSSR count). The molecule has 1 aliphatic rings. The van der Waals surface area contributed by atoms with E-state index in [1.165, 1.54) is 20.3 Å². The van der Waals surface area contributed by atoms with Crippen LogP contribution in [0.3, 0.4) is 0 Å². The number of alkyl halides is 3. The van der Waals surface area contributed by atoms with Gasteiger partial charge in [-0.3, -0.25) is 9.69 Å². The Morgan fingerprint density at radius 2 is 1.93 bits per heavy atom. The number of benzene rings is 1. The number of carbonyl (C=O) groups is 1. The summed E-state index contributed by atoms with van der Waals surface area (Å²) in [7, 11) is 2.78. The number of hydrogen-bond acceptors (Lipinski definition) is 6. The van der Waals surface area contributed by atoms with Crippen LogP contribution in [-0.2, 0) is 9.53 Å². The Labute approximate surface area is 162 Å². The lowest BCUT2D eigenvalue weighted by molar-refractivity contribution is -0.153. The third kappa shape index (κ3) is 6.87. The van der Waals surface area contributed by atoms with Gasteiger partial charge in [0.1, 0.15) is 0 Å². The maximum Gasteiger partial charge on any atom is 0.422 e. The largest absolute Gasteiger partial charge is 0.493 e. The van der Waals surface area contributed by atoms with E-state index in [-0.39, 0.29) is 29.6 Å². The second-order valence-corrected chi connectivity index (χ2v) is 6.83. The van der Waals surface area contributed by atoms with E-state index in [1.54, 1.807) is 12.1 Å². The van der Waals surface area contributed by atoms with Gasteiger partial charge in [0.2, 0.25) is 0 Å². The van der Waals surface area contributed by atoms with Crippen molar-refractivity contribution in [1.29, 1.82) is 0 Å². The van der Waals surface area contributed by atoms with Crippen molar-refractivity contribution in [3.8, 4) is 11.5 Å². The normalized spacial score (nSPS) is 17.2. The van der Waals surface area contributed by atoms with Crippen LogP contribution in [0.25, 0.3) is 0 Å². The fraction of sp³-hybridized carbons (Fsp3) is 0.632. The van der Waals surface area contributed by atoms with Crippen LogP contribution >= 0.6 is 0 Å². The van der Waals surface area contributed by atoms with Crippen LogP contribution in [-0.4, -0.2) is 63.5 Å². The molecule has 1 saturated heterocycles. The van der Waals surface area contributed by atoms with Gasteiger partial charge in [-0.1, -0.05) is 6.07 Å². The topological polar surface area (TPSA) is 60.0 Å². The number of piperidine rings is 1. The number of methoxy groups -OCH3 is 2. The van der Waals surface area contributed by atoms with Gasteiger partial charge >= 0.3 is 12.1 Å². The van der Waals surface area contributed by atoms with E-state index < -0.39 is 12.8 Å². The zero-order chi connectivity index (χ0) is 20.7. The van der Waals surface area contributed by atoms with E-state index in [0.717, 1.165) is 31.5 Å². The second-order valence-electron chi connectivity index (χ2n) is 6.83. The van der Waals surface area contributed by atoms with Gasteiger partial charge in [-0.05, 0) is 37.5 Å². The first-order valence-corrected chi connectivity index (χ1v) is 9.14. The van der Waals surface area contributed by atoms with Crippen LogP contribution in [0.4, 0.5) is 13.2 Å².